The van der Waals surface area contributed by atoms with E-state index in [9.17, 15) is 19.1 Å². The zero-order valence-electron chi connectivity index (χ0n) is 23.1. The van der Waals surface area contributed by atoms with Gasteiger partial charge >= 0.3 is 5.97 Å². The van der Waals surface area contributed by atoms with E-state index in [2.05, 4.69) is 19.8 Å². The van der Waals surface area contributed by atoms with Gasteiger partial charge in [0.2, 0.25) is 11.7 Å². The number of halogens is 2. The Hall–Kier alpha value is -4.33. The van der Waals surface area contributed by atoms with E-state index >= 15 is 0 Å². The van der Waals surface area contributed by atoms with Crippen LogP contribution in [0.3, 0.4) is 0 Å². The van der Waals surface area contributed by atoms with Crippen LogP contribution in [0.2, 0.25) is 5.02 Å². The number of aryl methyl sites for hydroxylation is 1. The van der Waals surface area contributed by atoms with Crippen molar-refractivity contribution in [1.82, 2.24) is 28.8 Å². The molecular formula is C29H27ClFN7O4S. The van der Waals surface area contributed by atoms with Crippen LogP contribution in [0.25, 0.3) is 4.96 Å². The Labute approximate surface area is 254 Å². The molecule has 1 N–H and O–H groups in total. The lowest BCUT2D eigenvalue weighted by Crippen LogP contribution is -2.46. The first-order valence-electron chi connectivity index (χ1n) is 13.6. The third-order valence-corrected chi connectivity index (χ3v) is 8.48. The summed E-state index contributed by atoms with van der Waals surface area (Å²) in [6.07, 6.45) is 4.58. The van der Waals surface area contributed by atoms with Crippen LogP contribution in [0.1, 0.15) is 44.0 Å². The summed E-state index contributed by atoms with van der Waals surface area (Å²) in [7, 11) is 0. The average molecular weight is 624 g/mol. The fourth-order valence-corrected chi connectivity index (χ4v) is 6.02. The summed E-state index contributed by atoms with van der Waals surface area (Å²) in [5, 5.41) is 9.82. The molecular weight excluding hydrogens is 597 g/mol. The smallest absolute Gasteiger partial charge is 0.347 e. The Kier molecular flexibility index (Phi) is 8.10. The second-order valence-corrected chi connectivity index (χ2v) is 11.4. The van der Waals surface area contributed by atoms with Crippen molar-refractivity contribution in [3.05, 3.63) is 93.5 Å². The topological polar surface area (TPSA) is 118 Å². The molecule has 5 heterocycles. The van der Waals surface area contributed by atoms with Crippen LogP contribution in [-0.2, 0) is 19.7 Å². The number of benzene rings is 1. The highest BCUT2D eigenvalue weighted by atomic mass is 35.5. The molecule has 1 fully saturated rings. The summed E-state index contributed by atoms with van der Waals surface area (Å²) >= 11 is 6.87. The summed E-state index contributed by atoms with van der Waals surface area (Å²) in [5.41, 5.74) is 1.75. The predicted molar refractivity (Wildman–Crippen MR) is 159 cm³/mol. The van der Waals surface area contributed by atoms with E-state index in [1.807, 2.05) is 19.1 Å². The van der Waals surface area contributed by atoms with Gasteiger partial charge in [-0.1, -0.05) is 35.1 Å². The van der Waals surface area contributed by atoms with Crippen LogP contribution in [0.5, 0.6) is 5.88 Å². The number of nitrogens with zero attached hydrogens (tertiary/aromatic N) is 7. The van der Waals surface area contributed by atoms with Crippen molar-refractivity contribution in [2.24, 2.45) is 0 Å². The minimum atomic E-state index is -1.06. The number of thiazole rings is 1. The highest BCUT2D eigenvalue weighted by molar-refractivity contribution is 7.18. The Balaban J connectivity index is 1.15. The maximum atomic E-state index is 14.1. The predicted octanol–water partition coefficient (Wildman–Crippen LogP) is 4.63. The van der Waals surface area contributed by atoms with Gasteiger partial charge in [0, 0.05) is 62.1 Å². The van der Waals surface area contributed by atoms with Crippen molar-refractivity contribution >= 4 is 45.5 Å². The van der Waals surface area contributed by atoms with Crippen molar-refractivity contribution < 1.29 is 23.8 Å². The van der Waals surface area contributed by atoms with Gasteiger partial charge in [-0.15, -0.1) is 0 Å². The van der Waals surface area contributed by atoms with Crippen molar-refractivity contribution in [3.63, 3.8) is 0 Å². The van der Waals surface area contributed by atoms with Gasteiger partial charge in [-0.2, -0.15) is 4.98 Å². The summed E-state index contributed by atoms with van der Waals surface area (Å²) < 4.78 is 23.2. The molecule has 1 aromatic carbocycles. The van der Waals surface area contributed by atoms with Gasteiger partial charge in [-0.05, 0) is 25.1 Å². The molecule has 4 aromatic heterocycles. The first kappa shape index (κ1) is 28.8. The lowest BCUT2D eigenvalue weighted by Gasteiger charge is -2.35. The lowest BCUT2D eigenvalue weighted by atomic mass is 10.1. The molecule has 1 aliphatic heterocycles. The summed E-state index contributed by atoms with van der Waals surface area (Å²) in [5.74, 6) is -0.607. The van der Waals surface area contributed by atoms with Gasteiger partial charge in [-0.25, -0.2) is 19.2 Å². The molecule has 1 saturated heterocycles. The molecule has 0 aliphatic carbocycles. The van der Waals surface area contributed by atoms with Crippen LogP contribution < -0.4 is 9.64 Å². The maximum absolute atomic E-state index is 14.1. The molecule has 0 atom stereocenters. The monoisotopic (exact) mass is 623 g/mol. The first-order chi connectivity index (χ1) is 20.8. The number of ether oxygens (including phenoxy) is 1. The number of hydrogen-bond acceptors (Lipinski definition) is 9. The van der Waals surface area contributed by atoms with Gasteiger partial charge in [-0.3, -0.25) is 14.1 Å². The van der Waals surface area contributed by atoms with E-state index < -0.39 is 11.8 Å². The number of aromatic carboxylic acids is 1. The summed E-state index contributed by atoms with van der Waals surface area (Å²) in [4.78, 5) is 43.7. The average Bonchev–Trinajstić information content (AvgIpc) is 3.72. The van der Waals surface area contributed by atoms with Crippen LogP contribution in [0.15, 0.2) is 55.1 Å². The van der Waals surface area contributed by atoms with E-state index in [4.69, 9.17) is 21.3 Å². The molecule has 0 radical (unpaired) electrons. The third-order valence-electron chi connectivity index (χ3n) is 7.28. The molecule has 14 heteroatoms. The molecule has 43 heavy (non-hydrogen) atoms. The van der Waals surface area contributed by atoms with Gasteiger partial charge in [0.1, 0.15) is 34.5 Å². The standard InChI is InChI=1S/C29H27ClFN7O4S/c1-2-36-17-32-13-22(36)27(39)26-21(33-29-38(26)15-23(43-29)28(40)41)14-35-8-10-37(11-9-35)24-4-3-5-25(34-24)42-16-18-6-7-19(30)12-20(18)31/h3-7,12-13,15,17H,2,8-11,14,16H2,1H3,(H,40,41). The van der Waals surface area contributed by atoms with E-state index in [0.29, 0.717) is 77.8 Å². The number of carboxylic acid groups (broad SMARTS) is 1. The first-order valence-corrected chi connectivity index (χ1v) is 14.8. The number of imidazole rings is 2. The Morgan fingerprint density at radius 3 is 2.70 bits per heavy atom. The Morgan fingerprint density at radius 2 is 1.95 bits per heavy atom. The maximum Gasteiger partial charge on any atom is 0.347 e. The van der Waals surface area contributed by atoms with Crippen molar-refractivity contribution in [2.45, 2.75) is 26.6 Å². The van der Waals surface area contributed by atoms with Gasteiger partial charge in [0.05, 0.1) is 18.2 Å². The zero-order chi connectivity index (χ0) is 30.1. The fourth-order valence-electron chi connectivity index (χ4n) is 5.02. The number of aromatic nitrogens is 5. The van der Waals surface area contributed by atoms with Crippen LogP contribution in [0, 0.1) is 5.82 Å². The van der Waals surface area contributed by atoms with Crippen LogP contribution >= 0.6 is 22.9 Å². The van der Waals surface area contributed by atoms with Crippen molar-refractivity contribution in [2.75, 3.05) is 31.1 Å². The number of anilines is 1. The number of fused-ring (bicyclic) bond motifs is 1. The molecule has 0 amide bonds. The zero-order valence-corrected chi connectivity index (χ0v) is 24.7. The van der Waals surface area contributed by atoms with E-state index in [1.165, 1.54) is 18.5 Å². The molecule has 0 unspecified atom stereocenters. The van der Waals surface area contributed by atoms with Gasteiger partial charge in [0.15, 0.2) is 4.96 Å². The minimum absolute atomic E-state index is 0.0311. The molecule has 0 saturated carbocycles. The quantitative estimate of drug-likeness (QED) is 0.222. The second-order valence-electron chi connectivity index (χ2n) is 9.98. The molecule has 5 aromatic rings. The third kappa shape index (κ3) is 5.96. The number of pyridine rings is 1. The normalized spacial score (nSPS) is 14.0. The van der Waals surface area contributed by atoms with Crippen molar-refractivity contribution in [3.8, 4) is 5.88 Å². The van der Waals surface area contributed by atoms with Gasteiger partial charge in [0.25, 0.3) is 0 Å². The molecule has 6 rings (SSSR count). The summed E-state index contributed by atoms with van der Waals surface area (Å²) in [6, 6.07) is 9.95. The minimum Gasteiger partial charge on any atom is -0.477 e. The fraction of sp³-hybridized carbons (Fsp3) is 0.276. The van der Waals surface area contributed by atoms with E-state index in [0.717, 1.165) is 17.2 Å². The number of carbonyl (C=O) groups excluding carboxylic acids is 1. The highest BCUT2D eigenvalue weighted by Gasteiger charge is 2.28. The van der Waals surface area contributed by atoms with E-state index in [1.54, 1.807) is 33.5 Å². The molecule has 0 spiro atoms. The molecule has 0 bridgehead atoms. The number of ketones is 1. The largest absolute Gasteiger partial charge is 0.477 e. The van der Waals surface area contributed by atoms with Crippen LogP contribution in [-0.4, -0.2) is 71.9 Å². The summed E-state index contributed by atoms with van der Waals surface area (Å²) in [6.45, 7) is 5.69. The number of rotatable bonds is 10. The highest BCUT2D eigenvalue weighted by Crippen LogP contribution is 2.26. The van der Waals surface area contributed by atoms with Crippen molar-refractivity contribution in [1.29, 1.82) is 0 Å². The van der Waals surface area contributed by atoms with Crippen LogP contribution in [0.4, 0.5) is 10.2 Å². The van der Waals surface area contributed by atoms with E-state index in [-0.39, 0.29) is 17.3 Å². The molecule has 1 aliphatic rings. The number of hydrogen-bond donors (Lipinski definition) is 1. The number of piperazine rings is 1. The molecule has 222 valence electrons. The molecule has 11 nitrogen and oxygen atoms in total. The van der Waals surface area contributed by atoms with Gasteiger partial charge < -0.3 is 19.3 Å². The Bertz CT molecular complexity index is 1810. The number of carboxylic acids is 1. The SMILES string of the molecule is CCn1cncc1C(=O)c1c(CN2CCN(c3cccc(OCc4ccc(Cl)cc4F)n3)CC2)nc2sc(C(=O)O)cn12. The number of carbonyl (C=O) groups is 2. The Morgan fingerprint density at radius 1 is 1.14 bits per heavy atom. The lowest BCUT2D eigenvalue weighted by molar-refractivity contribution is 0.0701. The second kappa shape index (κ2) is 12.1.